The van der Waals surface area contributed by atoms with E-state index in [-0.39, 0.29) is 18.7 Å². The summed E-state index contributed by atoms with van der Waals surface area (Å²) in [6, 6.07) is 9.86. The van der Waals surface area contributed by atoms with E-state index in [0.717, 1.165) is 11.8 Å². The summed E-state index contributed by atoms with van der Waals surface area (Å²) in [7, 11) is 1.52. The van der Waals surface area contributed by atoms with Crippen LogP contribution in [-0.2, 0) is 16.5 Å². The van der Waals surface area contributed by atoms with Gasteiger partial charge in [-0.3, -0.25) is 9.59 Å². The molecule has 1 N–H and O–H groups in total. The fourth-order valence-electron chi connectivity index (χ4n) is 2.89. The summed E-state index contributed by atoms with van der Waals surface area (Å²) in [5, 5.41) is 0. The minimum Gasteiger partial charge on any atom is -0.370 e. The average Bonchev–Trinajstić information content (AvgIpc) is 2.54. The van der Waals surface area contributed by atoms with Gasteiger partial charge in [0.05, 0.1) is 18.7 Å². The Morgan fingerprint density at radius 2 is 1.88 bits per heavy atom. The van der Waals surface area contributed by atoms with Gasteiger partial charge in [-0.05, 0) is 11.6 Å². The summed E-state index contributed by atoms with van der Waals surface area (Å²) in [6.07, 6.45) is -3.83. The molecule has 1 aliphatic heterocycles. The van der Waals surface area contributed by atoms with Crippen molar-refractivity contribution in [3.8, 4) is 0 Å². The molecule has 3 rings (SSSR count). The number of methoxy groups -OCH3 is 1. The number of nitrogens with one attached hydrogen (secondary N) is 1. The number of pyridine rings is 1. The van der Waals surface area contributed by atoms with E-state index in [0.29, 0.717) is 6.07 Å². The highest BCUT2D eigenvalue weighted by molar-refractivity contribution is 5.94. The molecular formula is C17H15F3N2O3. The lowest BCUT2D eigenvalue weighted by Crippen LogP contribution is -2.62. The molecule has 132 valence electrons. The molecule has 0 radical (unpaired) electrons. The predicted molar refractivity (Wildman–Crippen MR) is 83.1 cm³/mol. The molecule has 2 heterocycles. The van der Waals surface area contributed by atoms with E-state index < -0.39 is 28.8 Å². The minimum absolute atomic E-state index is 0.215. The van der Waals surface area contributed by atoms with Crippen LogP contribution in [0.1, 0.15) is 21.5 Å². The van der Waals surface area contributed by atoms with Gasteiger partial charge in [-0.2, -0.15) is 13.2 Å². The topological polar surface area (TPSA) is 62.4 Å². The van der Waals surface area contributed by atoms with Crippen LogP contribution in [0.5, 0.6) is 0 Å². The molecule has 1 aromatic heterocycles. The number of amides is 1. The number of aromatic amines is 1. The van der Waals surface area contributed by atoms with Crippen LogP contribution >= 0.6 is 0 Å². The fourth-order valence-corrected chi connectivity index (χ4v) is 2.89. The number of carbonyl (C=O) groups is 1. The van der Waals surface area contributed by atoms with Crippen LogP contribution in [0.15, 0.2) is 47.4 Å². The lowest BCUT2D eigenvalue weighted by atomic mass is 9.85. The van der Waals surface area contributed by atoms with Crippen molar-refractivity contribution in [2.75, 3.05) is 20.2 Å². The maximum Gasteiger partial charge on any atom is 0.421 e. The quantitative estimate of drug-likeness (QED) is 0.923. The minimum atomic E-state index is -4.82. The number of hydrogen-bond acceptors (Lipinski definition) is 3. The standard InChI is InChI=1S/C17H15F3N2O3/c1-25-16(12-5-3-2-4-6-12)9-22(10-16)15(24)11-7-13(17(18,19)20)14(23)21-8-11/h2-8H,9-10H2,1H3,(H,21,23). The third-order valence-corrected chi connectivity index (χ3v) is 4.33. The largest absolute Gasteiger partial charge is 0.421 e. The third kappa shape index (κ3) is 3.05. The fraction of sp³-hybridized carbons (Fsp3) is 0.294. The molecule has 1 amide bonds. The number of rotatable bonds is 3. The number of hydrogen-bond donors (Lipinski definition) is 1. The number of benzene rings is 1. The van der Waals surface area contributed by atoms with Gasteiger partial charge >= 0.3 is 6.18 Å². The number of carbonyl (C=O) groups excluding carboxylic acids is 1. The number of nitrogens with zero attached hydrogens (tertiary/aromatic N) is 1. The van der Waals surface area contributed by atoms with E-state index in [1.54, 1.807) is 0 Å². The van der Waals surface area contributed by atoms with Gasteiger partial charge < -0.3 is 14.6 Å². The normalized spacial score (nSPS) is 16.4. The van der Waals surface area contributed by atoms with Crippen molar-refractivity contribution in [3.05, 3.63) is 69.6 Å². The SMILES string of the molecule is COC1(c2ccccc2)CN(C(=O)c2c[nH]c(=O)c(C(F)(F)F)c2)C1. The summed E-state index contributed by atoms with van der Waals surface area (Å²) in [5.74, 6) is -0.592. The molecule has 0 unspecified atom stereocenters. The molecule has 0 atom stereocenters. The number of alkyl halides is 3. The Balaban J connectivity index is 1.82. The van der Waals surface area contributed by atoms with E-state index >= 15 is 0 Å². The zero-order valence-corrected chi connectivity index (χ0v) is 13.3. The first-order valence-corrected chi connectivity index (χ1v) is 7.47. The van der Waals surface area contributed by atoms with Crippen LogP contribution < -0.4 is 5.56 Å². The Morgan fingerprint density at radius 3 is 2.44 bits per heavy atom. The third-order valence-electron chi connectivity index (χ3n) is 4.33. The maximum atomic E-state index is 12.8. The highest BCUT2D eigenvalue weighted by Crippen LogP contribution is 2.36. The van der Waals surface area contributed by atoms with Crippen molar-refractivity contribution in [1.82, 2.24) is 9.88 Å². The van der Waals surface area contributed by atoms with Crippen LogP contribution in [0.25, 0.3) is 0 Å². The molecule has 1 aromatic carbocycles. The molecule has 1 aliphatic rings. The van der Waals surface area contributed by atoms with E-state index in [1.807, 2.05) is 35.3 Å². The average molecular weight is 352 g/mol. The van der Waals surface area contributed by atoms with Gasteiger partial charge in [0.15, 0.2) is 0 Å². The number of halogens is 3. The molecule has 0 bridgehead atoms. The summed E-state index contributed by atoms with van der Waals surface area (Å²) in [5.41, 5.74) is -2.67. The summed E-state index contributed by atoms with van der Waals surface area (Å²) in [6.45, 7) is 0.430. The van der Waals surface area contributed by atoms with Crippen LogP contribution in [0, 0.1) is 0 Å². The van der Waals surface area contributed by atoms with Crippen LogP contribution in [-0.4, -0.2) is 36.0 Å². The highest BCUT2D eigenvalue weighted by atomic mass is 19.4. The van der Waals surface area contributed by atoms with Gasteiger partial charge in [-0.15, -0.1) is 0 Å². The summed E-state index contributed by atoms with van der Waals surface area (Å²) in [4.78, 5) is 27.1. The van der Waals surface area contributed by atoms with Gasteiger partial charge in [0.2, 0.25) is 0 Å². The first-order valence-electron chi connectivity index (χ1n) is 7.47. The maximum absolute atomic E-state index is 12.8. The monoisotopic (exact) mass is 352 g/mol. The van der Waals surface area contributed by atoms with Gasteiger partial charge in [-0.1, -0.05) is 30.3 Å². The molecule has 0 saturated carbocycles. The molecular weight excluding hydrogens is 337 g/mol. The van der Waals surface area contributed by atoms with E-state index in [1.165, 1.54) is 12.0 Å². The van der Waals surface area contributed by atoms with Gasteiger partial charge in [0.25, 0.3) is 11.5 Å². The van der Waals surface area contributed by atoms with Crippen molar-refractivity contribution < 1.29 is 22.7 Å². The zero-order chi connectivity index (χ0) is 18.2. The van der Waals surface area contributed by atoms with Crippen LogP contribution in [0.4, 0.5) is 13.2 Å². The molecule has 8 heteroatoms. The smallest absolute Gasteiger partial charge is 0.370 e. The second-order valence-corrected chi connectivity index (χ2v) is 5.85. The van der Waals surface area contributed by atoms with Crippen molar-refractivity contribution in [2.45, 2.75) is 11.8 Å². The first-order chi connectivity index (χ1) is 11.8. The second-order valence-electron chi connectivity index (χ2n) is 5.85. The Bertz CT molecular complexity index is 840. The Morgan fingerprint density at radius 1 is 1.24 bits per heavy atom. The van der Waals surface area contributed by atoms with Crippen molar-refractivity contribution in [2.24, 2.45) is 0 Å². The van der Waals surface area contributed by atoms with Crippen molar-refractivity contribution >= 4 is 5.91 Å². The molecule has 1 fully saturated rings. The predicted octanol–water partition coefficient (Wildman–Crippen LogP) is 2.39. The number of ether oxygens (including phenoxy) is 1. The van der Waals surface area contributed by atoms with Crippen molar-refractivity contribution in [1.29, 1.82) is 0 Å². The number of likely N-dealkylation sites (tertiary alicyclic amines) is 1. The number of aromatic nitrogens is 1. The van der Waals surface area contributed by atoms with E-state index in [2.05, 4.69) is 0 Å². The molecule has 0 aliphatic carbocycles. The van der Waals surface area contributed by atoms with Gasteiger partial charge in [0.1, 0.15) is 11.2 Å². The van der Waals surface area contributed by atoms with Gasteiger partial charge in [0, 0.05) is 13.3 Å². The van der Waals surface area contributed by atoms with Crippen LogP contribution in [0.2, 0.25) is 0 Å². The summed E-state index contributed by atoms with van der Waals surface area (Å²) < 4.78 is 44.0. The lowest BCUT2D eigenvalue weighted by molar-refractivity contribution is -0.138. The second kappa shape index (κ2) is 6.03. The zero-order valence-electron chi connectivity index (χ0n) is 13.3. The van der Waals surface area contributed by atoms with Gasteiger partial charge in [-0.25, -0.2) is 0 Å². The summed E-state index contributed by atoms with van der Waals surface area (Å²) >= 11 is 0. The van der Waals surface area contributed by atoms with E-state index in [9.17, 15) is 22.8 Å². The first kappa shape index (κ1) is 17.2. The Labute approximate surface area is 141 Å². The molecule has 2 aromatic rings. The van der Waals surface area contributed by atoms with Crippen LogP contribution in [0.3, 0.4) is 0 Å². The Kier molecular flexibility index (Phi) is 4.16. The van der Waals surface area contributed by atoms with E-state index in [4.69, 9.17) is 4.74 Å². The molecule has 1 saturated heterocycles. The van der Waals surface area contributed by atoms with Crippen molar-refractivity contribution in [3.63, 3.8) is 0 Å². The molecule has 25 heavy (non-hydrogen) atoms. The lowest BCUT2D eigenvalue weighted by Gasteiger charge is -2.49. The Hall–Kier alpha value is -2.61. The molecule has 5 nitrogen and oxygen atoms in total. The number of H-pyrrole nitrogens is 1. The molecule has 0 spiro atoms. The highest BCUT2D eigenvalue weighted by Gasteiger charge is 2.47.